The third-order valence-corrected chi connectivity index (χ3v) is 2.88. The number of carbonyl (C=O) groups excluding carboxylic acids is 2. The first-order valence-electron chi connectivity index (χ1n) is 6.34. The van der Waals surface area contributed by atoms with E-state index in [9.17, 15) is 9.59 Å². The van der Waals surface area contributed by atoms with Gasteiger partial charge in [0.1, 0.15) is 6.04 Å². The Bertz CT molecular complexity index is 283. The molecule has 1 unspecified atom stereocenters. The van der Waals surface area contributed by atoms with Crippen LogP contribution < -0.4 is 5.32 Å². The molecule has 6 nitrogen and oxygen atoms in total. The number of hydrogen-bond acceptors (Lipinski definition) is 4. The van der Waals surface area contributed by atoms with Crippen molar-refractivity contribution in [3.05, 3.63) is 0 Å². The van der Waals surface area contributed by atoms with Crippen molar-refractivity contribution < 1.29 is 19.1 Å². The first kappa shape index (κ1) is 14.9. The van der Waals surface area contributed by atoms with Gasteiger partial charge in [-0.3, -0.25) is 9.59 Å². The van der Waals surface area contributed by atoms with Crippen LogP contribution >= 0.6 is 0 Å². The van der Waals surface area contributed by atoms with Crippen molar-refractivity contribution in [1.29, 1.82) is 0 Å². The van der Waals surface area contributed by atoms with Crippen LogP contribution in [0.5, 0.6) is 0 Å². The highest BCUT2D eigenvalue weighted by atomic mass is 16.5. The zero-order valence-electron chi connectivity index (χ0n) is 11.1. The van der Waals surface area contributed by atoms with E-state index in [-0.39, 0.29) is 24.4 Å². The van der Waals surface area contributed by atoms with Gasteiger partial charge in [0.05, 0.1) is 26.4 Å². The van der Waals surface area contributed by atoms with Crippen LogP contribution in [-0.2, 0) is 19.1 Å². The highest BCUT2D eigenvalue weighted by molar-refractivity contribution is 5.94. The summed E-state index contributed by atoms with van der Waals surface area (Å²) in [6.07, 6.45) is 1.56. The molecule has 1 heterocycles. The molecule has 1 saturated heterocycles. The average molecular weight is 258 g/mol. The topological polar surface area (TPSA) is 67.9 Å². The Kier molecular flexibility index (Phi) is 6.67. The Morgan fingerprint density at radius 1 is 1.33 bits per heavy atom. The van der Waals surface area contributed by atoms with Gasteiger partial charge < -0.3 is 19.7 Å². The summed E-state index contributed by atoms with van der Waals surface area (Å²) in [6, 6.07) is -0.345. The molecule has 0 radical (unpaired) electrons. The number of nitrogens with zero attached hydrogens (tertiary/aromatic N) is 1. The Balaban J connectivity index is 2.41. The fraction of sp³-hybridized carbons (Fsp3) is 0.833. The first-order valence-corrected chi connectivity index (χ1v) is 6.34. The third kappa shape index (κ3) is 4.27. The average Bonchev–Trinajstić information content (AvgIpc) is 2.36. The van der Waals surface area contributed by atoms with Gasteiger partial charge in [-0.2, -0.15) is 0 Å². The van der Waals surface area contributed by atoms with Gasteiger partial charge in [-0.25, -0.2) is 0 Å². The molecule has 104 valence electrons. The predicted octanol–water partition coefficient (Wildman–Crippen LogP) is -0.223. The molecule has 1 atom stereocenters. The normalized spacial score (nSPS) is 20.1. The smallest absolute Gasteiger partial charge is 0.243 e. The minimum atomic E-state index is -0.345. The van der Waals surface area contributed by atoms with Gasteiger partial charge in [-0.05, 0) is 6.42 Å². The predicted molar refractivity (Wildman–Crippen MR) is 66.1 cm³/mol. The number of rotatable bonds is 8. The largest absolute Gasteiger partial charge is 0.382 e. The van der Waals surface area contributed by atoms with Gasteiger partial charge in [0, 0.05) is 13.7 Å². The van der Waals surface area contributed by atoms with Gasteiger partial charge in [-0.1, -0.05) is 13.3 Å². The van der Waals surface area contributed by atoms with Crippen molar-refractivity contribution in [2.45, 2.75) is 25.8 Å². The van der Waals surface area contributed by atoms with E-state index >= 15 is 0 Å². The summed E-state index contributed by atoms with van der Waals surface area (Å²) in [7, 11) is 1.61. The lowest BCUT2D eigenvalue weighted by Crippen LogP contribution is -2.58. The fourth-order valence-electron chi connectivity index (χ4n) is 1.95. The molecule has 0 bridgehead atoms. The number of amides is 2. The standard InChI is InChI=1S/C12H22N2O4/c1-3-4-10-12(16)13-9-11(15)14(10)5-6-18-8-7-17-2/h10H,3-9H2,1-2H3,(H,13,16). The van der Waals surface area contributed by atoms with Crippen LogP contribution in [0.3, 0.4) is 0 Å². The summed E-state index contributed by atoms with van der Waals surface area (Å²) in [5, 5.41) is 2.62. The molecule has 2 amide bonds. The van der Waals surface area contributed by atoms with Crippen molar-refractivity contribution >= 4 is 11.8 Å². The second-order valence-electron chi connectivity index (χ2n) is 4.21. The van der Waals surface area contributed by atoms with Gasteiger partial charge in [0.15, 0.2) is 0 Å². The second-order valence-corrected chi connectivity index (χ2v) is 4.21. The molecule has 6 heteroatoms. The van der Waals surface area contributed by atoms with Crippen LogP contribution in [0.25, 0.3) is 0 Å². The van der Waals surface area contributed by atoms with E-state index in [2.05, 4.69) is 5.32 Å². The van der Waals surface area contributed by atoms with Crippen LogP contribution in [0.4, 0.5) is 0 Å². The first-order chi connectivity index (χ1) is 8.70. The molecule has 0 aromatic rings. The monoisotopic (exact) mass is 258 g/mol. The second kappa shape index (κ2) is 8.05. The summed E-state index contributed by atoms with van der Waals surface area (Å²) in [4.78, 5) is 25.1. The highest BCUT2D eigenvalue weighted by Gasteiger charge is 2.33. The van der Waals surface area contributed by atoms with Crippen molar-refractivity contribution in [2.24, 2.45) is 0 Å². The minimum Gasteiger partial charge on any atom is -0.382 e. The van der Waals surface area contributed by atoms with E-state index in [1.807, 2.05) is 6.92 Å². The molecule has 0 aromatic carbocycles. The Morgan fingerprint density at radius 3 is 2.78 bits per heavy atom. The fourth-order valence-corrected chi connectivity index (χ4v) is 1.95. The van der Waals surface area contributed by atoms with Crippen LogP contribution in [0.15, 0.2) is 0 Å². The lowest BCUT2D eigenvalue weighted by molar-refractivity contribution is -0.146. The molecule has 0 spiro atoms. The molecule has 18 heavy (non-hydrogen) atoms. The van der Waals surface area contributed by atoms with Crippen molar-refractivity contribution in [3.63, 3.8) is 0 Å². The van der Waals surface area contributed by atoms with E-state index in [0.717, 1.165) is 6.42 Å². The van der Waals surface area contributed by atoms with E-state index in [1.54, 1.807) is 12.0 Å². The van der Waals surface area contributed by atoms with E-state index in [0.29, 0.717) is 32.8 Å². The quantitative estimate of drug-likeness (QED) is 0.611. The van der Waals surface area contributed by atoms with Gasteiger partial charge in [0.2, 0.25) is 11.8 Å². The summed E-state index contributed by atoms with van der Waals surface area (Å²) >= 11 is 0. The maximum Gasteiger partial charge on any atom is 0.243 e. The summed E-state index contributed by atoms with van der Waals surface area (Å²) in [6.45, 7) is 4.02. The lowest BCUT2D eigenvalue weighted by Gasteiger charge is -2.34. The Morgan fingerprint density at radius 2 is 2.11 bits per heavy atom. The van der Waals surface area contributed by atoms with Crippen molar-refractivity contribution in [3.8, 4) is 0 Å². The van der Waals surface area contributed by atoms with Crippen LogP contribution in [-0.4, -0.2) is 62.8 Å². The molecule has 1 fully saturated rings. The highest BCUT2D eigenvalue weighted by Crippen LogP contribution is 2.11. The number of ether oxygens (including phenoxy) is 2. The third-order valence-electron chi connectivity index (χ3n) is 2.88. The molecule has 1 aliphatic rings. The molecular formula is C12H22N2O4. The lowest BCUT2D eigenvalue weighted by atomic mass is 10.1. The van der Waals surface area contributed by atoms with Crippen LogP contribution in [0, 0.1) is 0 Å². The molecule has 1 aliphatic heterocycles. The zero-order valence-corrected chi connectivity index (χ0v) is 11.1. The summed E-state index contributed by atoms with van der Waals surface area (Å²) < 4.78 is 10.2. The van der Waals surface area contributed by atoms with E-state index in [1.165, 1.54) is 0 Å². The molecular weight excluding hydrogens is 236 g/mol. The number of methoxy groups -OCH3 is 1. The van der Waals surface area contributed by atoms with Crippen molar-refractivity contribution in [1.82, 2.24) is 10.2 Å². The number of carbonyl (C=O) groups is 2. The maximum atomic E-state index is 11.8. The van der Waals surface area contributed by atoms with Gasteiger partial charge >= 0.3 is 0 Å². The molecule has 0 saturated carbocycles. The summed E-state index contributed by atoms with van der Waals surface area (Å²) in [5.41, 5.74) is 0. The Labute approximate surface area is 108 Å². The Hall–Kier alpha value is -1.14. The molecule has 1 N–H and O–H groups in total. The maximum absolute atomic E-state index is 11.8. The minimum absolute atomic E-state index is 0.0385. The van der Waals surface area contributed by atoms with Crippen molar-refractivity contribution in [2.75, 3.05) is 40.0 Å². The van der Waals surface area contributed by atoms with Crippen LogP contribution in [0.1, 0.15) is 19.8 Å². The molecule has 0 aliphatic carbocycles. The number of nitrogens with one attached hydrogen (secondary N) is 1. The summed E-state index contributed by atoms with van der Waals surface area (Å²) in [5.74, 6) is -0.100. The number of piperazine rings is 1. The van der Waals surface area contributed by atoms with E-state index < -0.39 is 0 Å². The molecule has 0 aromatic heterocycles. The van der Waals surface area contributed by atoms with Crippen LogP contribution in [0.2, 0.25) is 0 Å². The van der Waals surface area contributed by atoms with E-state index in [4.69, 9.17) is 9.47 Å². The molecule has 1 rings (SSSR count). The zero-order chi connectivity index (χ0) is 13.4. The number of hydrogen-bond donors (Lipinski definition) is 1. The van der Waals surface area contributed by atoms with Gasteiger partial charge in [-0.15, -0.1) is 0 Å². The van der Waals surface area contributed by atoms with Gasteiger partial charge in [0.25, 0.3) is 0 Å². The SMILES string of the molecule is CCCC1C(=O)NCC(=O)N1CCOCCOC.